The Morgan fingerprint density at radius 1 is 1.40 bits per heavy atom. The fourth-order valence-corrected chi connectivity index (χ4v) is 2.93. The maximum Gasteiger partial charge on any atom is 0.251 e. The lowest BCUT2D eigenvalue weighted by Crippen LogP contribution is -2.26. The van der Waals surface area contributed by atoms with Crippen LogP contribution in [-0.4, -0.2) is 30.9 Å². The van der Waals surface area contributed by atoms with Gasteiger partial charge in [0.2, 0.25) is 0 Å². The molecule has 4 heteroatoms. The molecule has 106 valence electrons. The summed E-state index contributed by atoms with van der Waals surface area (Å²) >= 11 is 0. The highest BCUT2D eigenvalue weighted by Crippen LogP contribution is 2.25. The highest BCUT2D eigenvalue weighted by molar-refractivity contribution is 6.03. The van der Waals surface area contributed by atoms with Gasteiger partial charge in [-0.25, -0.2) is 0 Å². The number of amides is 1. The van der Waals surface area contributed by atoms with Crippen molar-refractivity contribution in [3.8, 4) is 0 Å². The molecule has 1 aromatic rings. The summed E-state index contributed by atoms with van der Waals surface area (Å²) in [6, 6.07) is 5.47. The van der Waals surface area contributed by atoms with Crippen molar-refractivity contribution in [3.63, 3.8) is 0 Å². The summed E-state index contributed by atoms with van der Waals surface area (Å²) in [6.45, 7) is 3.37. The van der Waals surface area contributed by atoms with Crippen LogP contribution in [0.15, 0.2) is 18.2 Å². The van der Waals surface area contributed by atoms with Crippen molar-refractivity contribution in [1.82, 2.24) is 5.32 Å². The summed E-state index contributed by atoms with van der Waals surface area (Å²) in [5, 5.41) is 2.86. The van der Waals surface area contributed by atoms with Crippen LogP contribution in [0.5, 0.6) is 0 Å². The number of ether oxygens (including phenoxy) is 1. The Labute approximate surface area is 118 Å². The Kier molecular flexibility index (Phi) is 3.57. The monoisotopic (exact) mass is 273 g/mol. The molecule has 3 rings (SSSR count). The number of hydrogen-bond donors (Lipinski definition) is 1. The molecule has 2 aliphatic heterocycles. The normalized spacial score (nSPS) is 25.8. The standard InChI is InChI=1S/C16H19NO3/c1-10-6-8-20-15(10)14(18)12-5-4-11-3-2-7-17-16(19)13(11)9-12/h4-5,9-10,15H,2-3,6-8H2,1H3,(H,17,19). The number of aryl methyl sites for hydroxylation is 1. The van der Waals surface area contributed by atoms with Gasteiger partial charge in [0, 0.05) is 24.3 Å². The number of benzene rings is 1. The Morgan fingerprint density at radius 2 is 2.25 bits per heavy atom. The molecule has 1 fully saturated rings. The maximum atomic E-state index is 12.5. The van der Waals surface area contributed by atoms with Gasteiger partial charge in [0.1, 0.15) is 6.10 Å². The first-order valence-electron chi connectivity index (χ1n) is 7.24. The Bertz CT molecular complexity index is 553. The molecule has 2 atom stereocenters. The zero-order valence-electron chi connectivity index (χ0n) is 11.6. The zero-order chi connectivity index (χ0) is 14.1. The Hall–Kier alpha value is -1.68. The minimum absolute atomic E-state index is 0.00477. The number of Topliss-reactive ketones (excluding diaryl/α,β-unsaturated/α-hetero) is 1. The van der Waals surface area contributed by atoms with Crippen molar-refractivity contribution in [2.75, 3.05) is 13.2 Å². The smallest absolute Gasteiger partial charge is 0.251 e. The molecule has 0 spiro atoms. The van der Waals surface area contributed by atoms with Gasteiger partial charge >= 0.3 is 0 Å². The fourth-order valence-electron chi connectivity index (χ4n) is 2.93. The van der Waals surface area contributed by atoms with E-state index in [1.807, 2.05) is 19.1 Å². The highest BCUT2D eigenvalue weighted by Gasteiger charge is 2.32. The third kappa shape index (κ3) is 2.36. The first kappa shape index (κ1) is 13.3. The number of rotatable bonds is 2. The molecular weight excluding hydrogens is 254 g/mol. The van der Waals surface area contributed by atoms with Crippen molar-refractivity contribution in [2.45, 2.75) is 32.3 Å². The molecule has 1 amide bonds. The second-order valence-electron chi connectivity index (χ2n) is 5.65. The number of ketones is 1. The van der Waals surface area contributed by atoms with E-state index < -0.39 is 0 Å². The van der Waals surface area contributed by atoms with Gasteiger partial charge in [0.25, 0.3) is 5.91 Å². The van der Waals surface area contributed by atoms with Crippen LogP contribution in [0.3, 0.4) is 0 Å². The Morgan fingerprint density at radius 3 is 3.00 bits per heavy atom. The number of hydrogen-bond acceptors (Lipinski definition) is 3. The molecule has 0 radical (unpaired) electrons. The zero-order valence-corrected chi connectivity index (χ0v) is 11.6. The van der Waals surface area contributed by atoms with E-state index in [0.717, 1.165) is 24.8 Å². The highest BCUT2D eigenvalue weighted by atomic mass is 16.5. The maximum absolute atomic E-state index is 12.5. The third-order valence-corrected chi connectivity index (χ3v) is 4.19. The van der Waals surface area contributed by atoms with Crippen LogP contribution in [0.25, 0.3) is 0 Å². The van der Waals surface area contributed by atoms with Crippen LogP contribution in [-0.2, 0) is 11.2 Å². The molecule has 0 aromatic heterocycles. The van der Waals surface area contributed by atoms with E-state index in [-0.39, 0.29) is 23.7 Å². The van der Waals surface area contributed by atoms with Gasteiger partial charge < -0.3 is 10.1 Å². The van der Waals surface area contributed by atoms with Gasteiger partial charge in [-0.05, 0) is 36.8 Å². The van der Waals surface area contributed by atoms with Crippen LogP contribution in [0.4, 0.5) is 0 Å². The van der Waals surface area contributed by atoms with Crippen molar-refractivity contribution >= 4 is 11.7 Å². The predicted molar refractivity (Wildman–Crippen MR) is 74.9 cm³/mol. The van der Waals surface area contributed by atoms with Crippen LogP contribution < -0.4 is 5.32 Å². The largest absolute Gasteiger partial charge is 0.370 e. The molecule has 1 saturated heterocycles. The van der Waals surface area contributed by atoms with E-state index in [2.05, 4.69) is 5.32 Å². The number of carbonyl (C=O) groups is 2. The molecule has 0 bridgehead atoms. The average molecular weight is 273 g/mol. The van der Waals surface area contributed by atoms with Crippen molar-refractivity contribution in [1.29, 1.82) is 0 Å². The molecular formula is C16H19NO3. The lowest BCUT2D eigenvalue weighted by atomic mass is 9.93. The van der Waals surface area contributed by atoms with Crippen LogP contribution in [0.2, 0.25) is 0 Å². The third-order valence-electron chi connectivity index (χ3n) is 4.19. The van der Waals surface area contributed by atoms with Gasteiger partial charge in [-0.1, -0.05) is 19.1 Å². The first-order chi connectivity index (χ1) is 9.66. The molecule has 0 aliphatic carbocycles. The SMILES string of the molecule is CC1CCOC1C(=O)c1ccc2c(c1)C(=O)NCCC2. The van der Waals surface area contributed by atoms with Crippen molar-refractivity contribution in [3.05, 3.63) is 34.9 Å². The second kappa shape index (κ2) is 5.37. The van der Waals surface area contributed by atoms with Crippen LogP contribution in [0, 0.1) is 5.92 Å². The first-order valence-corrected chi connectivity index (χ1v) is 7.24. The van der Waals surface area contributed by atoms with E-state index in [1.54, 1.807) is 6.07 Å². The number of fused-ring (bicyclic) bond motifs is 1. The van der Waals surface area contributed by atoms with E-state index in [9.17, 15) is 9.59 Å². The van der Waals surface area contributed by atoms with Gasteiger partial charge in [-0.3, -0.25) is 9.59 Å². The molecule has 2 heterocycles. The number of nitrogens with one attached hydrogen (secondary N) is 1. The summed E-state index contributed by atoms with van der Waals surface area (Å²) in [6.07, 6.45) is 2.37. The summed E-state index contributed by atoms with van der Waals surface area (Å²) in [5.74, 6) is 0.164. The minimum Gasteiger partial charge on any atom is -0.370 e. The molecule has 2 unspecified atom stereocenters. The van der Waals surface area contributed by atoms with E-state index in [4.69, 9.17) is 4.74 Å². The molecule has 20 heavy (non-hydrogen) atoms. The van der Waals surface area contributed by atoms with Gasteiger partial charge in [0.15, 0.2) is 5.78 Å². The topological polar surface area (TPSA) is 55.4 Å². The molecule has 4 nitrogen and oxygen atoms in total. The molecule has 2 aliphatic rings. The number of carbonyl (C=O) groups excluding carboxylic acids is 2. The minimum atomic E-state index is -0.359. The summed E-state index contributed by atoms with van der Waals surface area (Å²) in [4.78, 5) is 24.5. The second-order valence-corrected chi connectivity index (χ2v) is 5.65. The van der Waals surface area contributed by atoms with E-state index >= 15 is 0 Å². The van der Waals surface area contributed by atoms with Crippen LogP contribution in [0.1, 0.15) is 46.0 Å². The lowest BCUT2D eigenvalue weighted by molar-refractivity contribution is 0.0579. The summed E-state index contributed by atoms with van der Waals surface area (Å²) in [5.41, 5.74) is 2.25. The van der Waals surface area contributed by atoms with Crippen molar-refractivity contribution < 1.29 is 14.3 Å². The Balaban J connectivity index is 1.91. The van der Waals surface area contributed by atoms with Gasteiger partial charge in [-0.2, -0.15) is 0 Å². The average Bonchev–Trinajstić information content (AvgIpc) is 2.79. The fraction of sp³-hybridized carbons (Fsp3) is 0.500. The summed E-state index contributed by atoms with van der Waals surface area (Å²) < 4.78 is 5.53. The van der Waals surface area contributed by atoms with Crippen LogP contribution >= 0.6 is 0 Å². The molecule has 0 saturated carbocycles. The molecule has 1 aromatic carbocycles. The predicted octanol–water partition coefficient (Wildman–Crippen LogP) is 1.97. The van der Waals surface area contributed by atoms with E-state index in [1.165, 1.54) is 0 Å². The quantitative estimate of drug-likeness (QED) is 0.838. The lowest BCUT2D eigenvalue weighted by Gasteiger charge is -2.14. The van der Waals surface area contributed by atoms with Gasteiger partial charge in [0.05, 0.1) is 0 Å². The van der Waals surface area contributed by atoms with Crippen molar-refractivity contribution in [2.24, 2.45) is 5.92 Å². The van der Waals surface area contributed by atoms with E-state index in [0.29, 0.717) is 24.3 Å². The molecule has 1 N–H and O–H groups in total. The summed E-state index contributed by atoms with van der Waals surface area (Å²) in [7, 11) is 0. The van der Waals surface area contributed by atoms with Gasteiger partial charge in [-0.15, -0.1) is 0 Å².